The predicted octanol–water partition coefficient (Wildman–Crippen LogP) is 2.70. The van der Waals surface area contributed by atoms with Gasteiger partial charge < -0.3 is 0 Å². The molecule has 0 saturated carbocycles. The van der Waals surface area contributed by atoms with Crippen molar-refractivity contribution in [3.8, 4) is 0 Å². The number of thioether (sulfide) groups is 1. The molecule has 1 aromatic carbocycles. The lowest BCUT2D eigenvalue weighted by Crippen LogP contribution is -2.47. The molecule has 1 aromatic rings. The zero-order chi connectivity index (χ0) is 12.9. The molecule has 0 spiro atoms. The van der Waals surface area contributed by atoms with E-state index in [4.69, 9.17) is 0 Å². The minimum atomic E-state index is 0.855. The van der Waals surface area contributed by atoms with Crippen molar-refractivity contribution in [2.45, 2.75) is 25.4 Å². The Bertz CT molecular complexity index is 368. The van der Waals surface area contributed by atoms with E-state index >= 15 is 0 Å². The number of rotatable bonds is 3. The van der Waals surface area contributed by atoms with Crippen LogP contribution in [-0.4, -0.2) is 53.5 Å². The predicted molar refractivity (Wildman–Crippen MR) is 83.6 cm³/mol. The first-order chi connectivity index (χ1) is 9.42. The Morgan fingerprint density at radius 1 is 0.947 bits per heavy atom. The van der Waals surface area contributed by atoms with Crippen molar-refractivity contribution in [3.63, 3.8) is 0 Å². The first kappa shape index (κ1) is 13.5. The van der Waals surface area contributed by atoms with Gasteiger partial charge in [-0.3, -0.25) is 9.80 Å². The lowest BCUT2D eigenvalue weighted by molar-refractivity contribution is 0.112. The van der Waals surface area contributed by atoms with Crippen molar-refractivity contribution in [2.24, 2.45) is 0 Å². The molecule has 0 amide bonds. The quantitative estimate of drug-likeness (QED) is 0.838. The number of piperidine rings is 1. The molecule has 0 radical (unpaired) electrons. The molecular weight excluding hydrogens is 252 g/mol. The average molecular weight is 276 g/mol. The number of hydrogen-bond donors (Lipinski definition) is 0. The normalized spacial score (nSPS) is 23.6. The Hall–Kier alpha value is -0.510. The zero-order valence-corrected chi connectivity index (χ0v) is 12.4. The van der Waals surface area contributed by atoms with Crippen LogP contribution >= 0.6 is 11.8 Å². The van der Waals surface area contributed by atoms with Crippen molar-refractivity contribution < 1.29 is 0 Å². The van der Waals surface area contributed by atoms with Gasteiger partial charge in [-0.1, -0.05) is 30.3 Å². The first-order valence-corrected chi connectivity index (χ1v) is 8.65. The number of likely N-dealkylation sites (tertiary alicyclic amines) is 1. The zero-order valence-electron chi connectivity index (χ0n) is 11.6. The van der Waals surface area contributed by atoms with Crippen molar-refractivity contribution in [1.82, 2.24) is 9.80 Å². The largest absolute Gasteiger partial charge is 0.299 e. The Balaban J connectivity index is 1.46. The highest BCUT2D eigenvalue weighted by atomic mass is 32.2. The van der Waals surface area contributed by atoms with E-state index in [-0.39, 0.29) is 0 Å². The van der Waals surface area contributed by atoms with Crippen molar-refractivity contribution in [3.05, 3.63) is 35.9 Å². The summed E-state index contributed by atoms with van der Waals surface area (Å²) in [5.74, 6) is 2.68. The highest BCUT2D eigenvalue weighted by Gasteiger charge is 2.25. The second kappa shape index (κ2) is 6.78. The number of benzene rings is 1. The van der Waals surface area contributed by atoms with Gasteiger partial charge in [0.1, 0.15) is 0 Å². The third kappa shape index (κ3) is 3.74. The van der Waals surface area contributed by atoms with E-state index in [0.29, 0.717) is 0 Å². The average Bonchev–Trinajstić information content (AvgIpc) is 2.50. The third-order valence-electron chi connectivity index (χ3n) is 4.37. The first-order valence-electron chi connectivity index (χ1n) is 7.50. The fourth-order valence-corrected chi connectivity index (χ4v) is 4.16. The van der Waals surface area contributed by atoms with Gasteiger partial charge in [0.2, 0.25) is 0 Å². The third-order valence-corrected chi connectivity index (χ3v) is 5.31. The molecule has 2 fully saturated rings. The molecule has 3 heteroatoms. The molecule has 0 atom stereocenters. The standard InChI is InChI=1S/C16H24N2S/c1-2-4-15(5-3-1)14-17-8-6-16(7-9-17)18-10-12-19-13-11-18/h1-5,16H,6-14H2. The summed E-state index contributed by atoms with van der Waals surface area (Å²) in [6.07, 6.45) is 2.72. The summed E-state index contributed by atoms with van der Waals surface area (Å²) < 4.78 is 0. The molecule has 0 aliphatic carbocycles. The van der Waals surface area contributed by atoms with E-state index in [2.05, 4.69) is 51.9 Å². The lowest BCUT2D eigenvalue weighted by atomic mass is 10.0. The monoisotopic (exact) mass is 276 g/mol. The molecule has 0 unspecified atom stereocenters. The molecule has 0 N–H and O–H groups in total. The van der Waals surface area contributed by atoms with E-state index in [0.717, 1.165) is 12.6 Å². The van der Waals surface area contributed by atoms with Crippen LogP contribution in [0.25, 0.3) is 0 Å². The second-order valence-electron chi connectivity index (χ2n) is 5.64. The minimum Gasteiger partial charge on any atom is -0.299 e. The highest BCUT2D eigenvalue weighted by molar-refractivity contribution is 7.99. The topological polar surface area (TPSA) is 6.48 Å². The van der Waals surface area contributed by atoms with Crippen molar-refractivity contribution in [1.29, 1.82) is 0 Å². The molecular formula is C16H24N2S. The van der Waals surface area contributed by atoms with Crippen LogP contribution in [0.15, 0.2) is 30.3 Å². The molecule has 19 heavy (non-hydrogen) atoms. The molecule has 104 valence electrons. The summed E-state index contributed by atoms with van der Waals surface area (Å²) in [6.45, 7) is 6.29. The van der Waals surface area contributed by atoms with Gasteiger partial charge in [-0.15, -0.1) is 0 Å². The van der Waals surface area contributed by atoms with Gasteiger partial charge in [-0.25, -0.2) is 0 Å². The van der Waals surface area contributed by atoms with Gasteiger partial charge in [0, 0.05) is 37.2 Å². The summed E-state index contributed by atoms with van der Waals surface area (Å²) >= 11 is 2.11. The van der Waals surface area contributed by atoms with Crippen LogP contribution in [0.4, 0.5) is 0 Å². The van der Waals surface area contributed by atoms with Crippen LogP contribution in [0.5, 0.6) is 0 Å². The lowest BCUT2D eigenvalue weighted by Gasteiger charge is -2.40. The van der Waals surface area contributed by atoms with E-state index in [1.807, 2.05) is 0 Å². The molecule has 2 nitrogen and oxygen atoms in total. The highest BCUT2D eigenvalue weighted by Crippen LogP contribution is 2.21. The summed E-state index contributed by atoms with van der Waals surface area (Å²) in [6, 6.07) is 11.7. The molecule has 0 aromatic heterocycles. The Labute approximate surface area is 121 Å². The van der Waals surface area contributed by atoms with Crippen LogP contribution in [0.3, 0.4) is 0 Å². The molecule has 3 rings (SSSR count). The Morgan fingerprint density at radius 2 is 1.63 bits per heavy atom. The van der Waals surface area contributed by atoms with Crippen molar-refractivity contribution >= 4 is 11.8 Å². The minimum absolute atomic E-state index is 0.855. The number of hydrogen-bond acceptors (Lipinski definition) is 3. The van der Waals surface area contributed by atoms with Gasteiger partial charge in [0.15, 0.2) is 0 Å². The van der Waals surface area contributed by atoms with Gasteiger partial charge in [0.25, 0.3) is 0 Å². The van der Waals surface area contributed by atoms with Crippen LogP contribution in [0, 0.1) is 0 Å². The van der Waals surface area contributed by atoms with E-state index in [1.165, 1.54) is 56.1 Å². The Morgan fingerprint density at radius 3 is 2.32 bits per heavy atom. The van der Waals surface area contributed by atoms with E-state index in [9.17, 15) is 0 Å². The fraction of sp³-hybridized carbons (Fsp3) is 0.625. The van der Waals surface area contributed by atoms with Gasteiger partial charge in [0.05, 0.1) is 0 Å². The van der Waals surface area contributed by atoms with E-state index in [1.54, 1.807) is 0 Å². The molecule has 2 heterocycles. The van der Waals surface area contributed by atoms with Crippen LogP contribution in [0.2, 0.25) is 0 Å². The van der Waals surface area contributed by atoms with E-state index < -0.39 is 0 Å². The SMILES string of the molecule is c1ccc(CN2CCC(N3CCSCC3)CC2)cc1. The summed E-state index contributed by atoms with van der Waals surface area (Å²) in [7, 11) is 0. The molecule has 2 aliphatic rings. The van der Waals surface area contributed by atoms with Crippen molar-refractivity contribution in [2.75, 3.05) is 37.7 Å². The molecule has 0 bridgehead atoms. The maximum absolute atomic E-state index is 2.73. The number of nitrogens with zero attached hydrogens (tertiary/aromatic N) is 2. The van der Waals surface area contributed by atoms with Crippen LogP contribution in [-0.2, 0) is 6.54 Å². The summed E-state index contributed by atoms with van der Waals surface area (Å²) in [5, 5.41) is 0. The molecule has 2 aliphatic heterocycles. The van der Waals surface area contributed by atoms with Gasteiger partial charge in [-0.2, -0.15) is 11.8 Å². The molecule has 2 saturated heterocycles. The van der Waals surface area contributed by atoms with Gasteiger partial charge in [-0.05, 0) is 31.5 Å². The smallest absolute Gasteiger partial charge is 0.0233 e. The van der Waals surface area contributed by atoms with Crippen LogP contribution < -0.4 is 0 Å². The fourth-order valence-electron chi connectivity index (χ4n) is 3.23. The van der Waals surface area contributed by atoms with Gasteiger partial charge >= 0.3 is 0 Å². The second-order valence-corrected chi connectivity index (χ2v) is 6.87. The summed E-state index contributed by atoms with van der Waals surface area (Å²) in [4.78, 5) is 5.35. The summed E-state index contributed by atoms with van der Waals surface area (Å²) in [5.41, 5.74) is 1.45. The van der Waals surface area contributed by atoms with Crippen LogP contribution in [0.1, 0.15) is 18.4 Å². The maximum atomic E-state index is 2.73. The Kier molecular flexibility index (Phi) is 4.81. The maximum Gasteiger partial charge on any atom is 0.0233 e.